The quantitative estimate of drug-likeness (QED) is 0.720. The Balaban J connectivity index is 1.77. The number of H-pyrrole nitrogens is 1. The highest BCUT2D eigenvalue weighted by molar-refractivity contribution is 6.09. The van der Waals surface area contributed by atoms with Gasteiger partial charge in [-0.2, -0.15) is 0 Å². The van der Waals surface area contributed by atoms with Crippen LogP contribution in [-0.2, 0) is 6.42 Å². The van der Waals surface area contributed by atoms with Crippen molar-refractivity contribution in [2.75, 3.05) is 4.90 Å². The van der Waals surface area contributed by atoms with Crippen molar-refractivity contribution < 1.29 is 4.79 Å². The molecule has 0 spiro atoms. The van der Waals surface area contributed by atoms with Gasteiger partial charge in [0.2, 0.25) is 0 Å². The summed E-state index contributed by atoms with van der Waals surface area (Å²) >= 11 is 0. The number of benzene rings is 2. The Hall–Kier alpha value is -2.55. The van der Waals surface area contributed by atoms with E-state index in [4.69, 9.17) is 0 Å². The molecule has 0 radical (unpaired) electrons. The number of aromatic amines is 1. The minimum atomic E-state index is 0.0475. The van der Waals surface area contributed by atoms with Crippen molar-refractivity contribution in [3.8, 4) is 0 Å². The molecule has 2 aromatic carbocycles. The minimum Gasteiger partial charge on any atom is -0.351 e. The van der Waals surface area contributed by atoms with Crippen molar-refractivity contribution in [1.29, 1.82) is 0 Å². The van der Waals surface area contributed by atoms with Crippen LogP contribution in [0.15, 0.2) is 48.5 Å². The number of carbonyl (C=O) groups excluding carboxylic acids is 1. The molecule has 110 valence electrons. The monoisotopic (exact) mass is 290 g/mol. The molecule has 1 amide bonds. The van der Waals surface area contributed by atoms with Crippen LogP contribution in [0.4, 0.5) is 5.69 Å². The second-order valence-corrected chi connectivity index (χ2v) is 6.13. The van der Waals surface area contributed by atoms with E-state index >= 15 is 0 Å². The molecule has 1 atom stereocenters. The van der Waals surface area contributed by atoms with E-state index in [1.807, 2.05) is 35.2 Å². The van der Waals surface area contributed by atoms with Crippen molar-refractivity contribution in [3.05, 3.63) is 65.4 Å². The molecule has 1 unspecified atom stereocenters. The summed E-state index contributed by atoms with van der Waals surface area (Å²) in [5, 5.41) is 1.09. The zero-order valence-electron chi connectivity index (χ0n) is 12.8. The van der Waals surface area contributed by atoms with Gasteiger partial charge in [0.05, 0.1) is 0 Å². The molecule has 0 saturated heterocycles. The van der Waals surface area contributed by atoms with Gasteiger partial charge < -0.3 is 9.88 Å². The maximum absolute atomic E-state index is 13.0. The Morgan fingerprint density at radius 1 is 1.18 bits per heavy atom. The number of carbonyl (C=O) groups is 1. The van der Waals surface area contributed by atoms with Crippen LogP contribution in [0.5, 0.6) is 0 Å². The molecule has 0 bridgehead atoms. The number of amides is 1. The third kappa shape index (κ3) is 1.93. The van der Waals surface area contributed by atoms with Crippen LogP contribution < -0.4 is 4.90 Å². The number of aryl methyl sites for hydroxylation is 1. The number of hydrogen-bond acceptors (Lipinski definition) is 1. The summed E-state index contributed by atoms with van der Waals surface area (Å²) in [5.41, 5.74) is 5.15. The summed E-state index contributed by atoms with van der Waals surface area (Å²) in [6, 6.07) is 16.5. The standard InChI is InChI=1S/C19H18N2O/c1-12-7-8-16-15(9-12)11-17(20-16)19(22)21-13(2)10-14-5-3-4-6-18(14)21/h3-9,11,13,20H,10H2,1-2H3. The first kappa shape index (κ1) is 13.1. The van der Waals surface area contributed by atoms with Crippen molar-refractivity contribution in [2.24, 2.45) is 0 Å². The molecule has 0 saturated carbocycles. The van der Waals surface area contributed by atoms with Gasteiger partial charge in [0.15, 0.2) is 0 Å². The van der Waals surface area contributed by atoms with Gasteiger partial charge in [-0.05, 0) is 50.1 Å². The Labute approximate surface area is 129 Å². The summed E-state index contributed by atoms with van der Waals surface area (Å²) in [6.45, 7) is 4.16. The number of nitrogens with one attached hydrogen (secondary N) is 1. The lowest BCUT2D eigenvalue weighted by Gasteiger charge is -2.22. The van der Waals surface area contributed by atoms with Gasteiger partial charge >= 0.3 is 0 Å². The molecule has 3 heteroatoms. The predicted molar refractivity (Wildman–Crippen MR) is 89.5 cm³/mol. The van der Waals surface area contributed by atoms with Crippen LogP contribution in [0.2, 0.25) is 0 Å². The minimum absolute atomic E-state index is 0.0475. The molecule has 1 N–H and O–H groups in total. The second-order valence-electron chi connectivity index (χ2n) is 6.13. The van der Waals surface area contributed by atoms with E-state index < -0.39 is 0 Å². The Kier molecular flexibility index (Phi) is 2.83. The smallest absolute Gasteiger partial charge is 0.274 e. The summed E-state index contributed by atoms with van der Waals surface area (Å²) in [7, 11) is 0. The average molecular weight is 290 g/mol. The lowest BCUT2D eigenvalue weighted by Crippen LogP contribution is -2.35. The molecule has 0 aliphatic carbocycles. The molecule has 22 heavy (non-hydrogen) atoms. The van der Waals surface area contributed by atoms with Crippen LogP contribution in [0.1, 0.15) is 28.5 Å². The molecular formula is C19H18N2O. The van der Waals surface area contributed by atoms with E-state index in [0.29, 0.717) is 5.69 Å². The van der Waals surface area contributed by atoms with Crippen molar-refractivity contribution >= 4 is 22.5 Å². The highest BCUT2D eigenvalue weighted by atomic mass is 16.2. The SMILES string of the molecule is Cc1ccc2[nH]c(C(=O)N3c4ccccc4CC3C)cc2c1. The number of aromatic nitrogens is 1. The number of rotatable bonds is 1. The van der Waals surface area contributed by atoms with Crippen LogP contribution in [0, 0.1) is 6.92 Å². The summed E-state index contributed by atoms with van der Waals surface area (Å²) in [4.78, 5) is 18.1. The first-order valence-electron chi connectivity index (χ1n) is 7.64. The maximum Gasteiger partial charge on any atom is 0.274 e. The molecule has 2 heterocycles. The zero-order chi connectivity index (χ0) is 15.3. The summed E-state index contributed by atoms with van der Waals surface area (Å²) < 4.78 is 0. The summed E-state index contributed by atoms with van der Waals surface area (Å²) in [5.74, 6) is 0.0475. The fourth-order valence-corrected chi connectivity index (χ4v) is 3.37. The lowest BCUT2D eigenvalue weighted by atomic mass is 10.1. The zero-order valence-corrected chi connectivity index (χ0v) is 12.8. The normalized spacial score (nSPS) is 17.0. The van der Waals surface area contributed by atoms with Crippen LogP contribution in [-0.4, -0.2) is 16.9 Å². The molecule has 0 fully saturated rings. The van der Waals surface area contributed by atoms with E-state index in [0.717, 1.165) is 23.0 Å². The van der Waals surface area contributed by atoms with Gasteiger partial charge in [-0.3, -0.25) is 4.79 Å². The Bertz CT molecular complexity index is 878. The fraction of sp³-hybridized carbons (Fsp3) is 0.211. The Morgan fingerprint density at radius 3 is 2.86 bits per heavy atom. The van der Waals surface area contributed by atoms with Gasteiger partial charge in [-0.1, -0.05) is 29.8 Å². The first-order valence-corrected chi connectivity index (χ1v) is 7.64. The van der Waals surface area contributed by atoms with E-state index in [9.17, 15) is 4.79 Å². The van der Waals surface area contributed by atoms with Gasteiger partial charge in [0.25, 0.3) is 5.91 Å². The number of fused-ring (bicyclic) bond motifs is 2. The molecule has 4 rings (SSSR count). The van der Waals surface area contributed by atoms with E-state index in [1.54, 1.807) is 0 Å². The van der Waals surface area contributed by atoms with Gasteiger partial charge in [0.1, 0.15) is 5.69 Å². The van der Waals surface area contributed by atoms with Crippen molar-refractivity contribution in [3.63, 3.8) is 0 Å². The van der Waals surface area contributed by atoms with Crippen molar-refractivity contribution in [1.82, 2.24) is 4.98 Å². The van der Waals surface area contributed by atoms with E-state index in [2.05, 4.69) is 37.0 Å². The first-order chi connectivity index (χ1) is 10.6. The molecule has 3 aromatic rings. The summed E-state index contributed by atoms with van der Waals surface area (Å²) in [6.07, 6.45) is 0.918. The number of anilines is 1. The molecule has 1 aliphatic heterocycles. The highest BCUT2D eigenvalue weighted by Crippen LogP contribution is 2.33. The molecule has 3 nitrogen and oxygen atoms in total. The second kappa shape index (κ2) is 4.73. The fourth-order valence-electron chi connectivity index (χ4n) is 3.37. The highest BCUT2D eigenvalue weighted by Gasteiger charge is 2.31. The Morgan fingerprint density at radius 2 is 2.00 bits per heavy atom. The molecular weight excluding hydrogens is 272 g/mol. The lowest BCUT2D eigenvalue weighted by molar-refractivity contribution is 0.0977. The van der Waals surface area contributed by atoms with Crippen molar-refractivity contribution in [2.45, 2.75) is 26.3 Å². The van der Waals surface area contributed by atoms with Gasteiger partial charge in [-0.15, -0.1) is 0 Å². The number of nitrogens with zero attached hydrogens (tertiary/aromatic N) is 1. The number of hydrogen-bond donors (Lipinski definition) is 1. The van der Waals surface area contributed by atoms with Gasteiger partial charge in [0, 0.05) is 22.6 Å². The number of para-hydroxylation sites is 1. The third-order valence-electron chi connectivity index (χ3n) is 4.43. The average Bonchev–Trinajstić information content (AvgIpc) is 3.06. The maximum atomic E-state index is 13.0. The third-order valence-corrected chi connectivity index (χ3v) is 4.43. The van der Waals surface area contributed by atoms with E-state index in [-0.39, 0.29) is 11.9 Å². The van der Waals surface area contributed by atoms with Gasteiger partial charge in [-0.25, -0.2) is 0 Å². The topological polar surface area (TPSA) is 36.1 Å². The largest absolute Gasteiger partial charge is 0.351 e. The molecule has 1 aromatic heterocycles. The van der Waals surface area contributed by atoms with E-state index in [1.165, 1.54) is 11.1 Å². The van der Waals surface area contributed by atoms with Crippen LogP contribution in [0.3, 0.4) is 0 Å². The van der Waals surface area contributed by atoms with Crippen LogP contribution >= 0.6 is 0 Å². The molecule has 1 aliphatic rings. The van der Waals surface area contributed by atoms with Crippen LogP contribution in [0.25, 0.3) is 10.9 Å². The predicted octanol–water partition coefficient (Wildman–Crippen LogP) is 4.07.